The van der Waals surface area contributed by atoms with Gasteiger partial charge in [0.1, 0.15) is 6.10 Å². The highest BCUT2D eigenvalue weighted by Crippen LogP contribution is 2.42. The highest BCUT2D eigenvalue weighted by molar-refractivity contribution is 8.00. The first kappa shape index (κ1) is 10.7. The number of thioether (sulfide) groups is 1. The fourth-order valence-corrected chi connectivity index (χ4v) is 3.40. The fourth-order valence-electron chi connectivity index (χ4n) is 2.01. The van der Waals surface area contributed by atoms with Crippen LogP contribution in [0.4, 0.5) is 0 Å². The van der Waals surface area contributed by atoms with E-state index in [1.807, 2.05) is 13.8 Å². The van der Waals surface area contributed by atoms with Gasteiger partial charge in [0.05, 0.1) is 24.1 Å². The Morgan fingerprint density at radius 2 is 2.21 bits per heavy atom. The highest BCUT2D eigenvalue weighted by atomic mass is 32.2. The summed E-state index contributed by atoms with van der Waals surface area (Å²) in [6, 6.07) is 0. The van der Waals surface area contributed by atoms with Crippen LogP contribution < -0.4 is 0 Å². The van der Waals surface area contributed by atoms with Gasteiger partial charge in [-0.25, -0.2) is 0 Å². The third-order valence-electron chi connectivity index (χ3n) is 2.56. The molecule has 0 aromatic rings. The van der Waals surface area contributed by atoms with Crippen molar-refractivity contribution < 1.29 is 19.7 Å². The lowest BCUT2D eigenvalue weighted by molar-refractivity contribution is -0.147. The zero-order valence-electron chi connectivity index (χ0n) is 8.34. The van der Waals surface area contributed by atoms with E-state index in [9.17, 15) is 5.11 Å². The minimum Gasteiger partial charge on any atom is -0.394 e. The number of hydrogen-bond donors (Lipinski definition) is 2. The minimum atomic E-state index is -0.715. The largest absolute Gasteiger partial charge is 0.394 e. The van der Waals surface area contributed by atoms with Crippen molar-refractivity contribution in [2.75, 3.05) is 12.4 Å². The van der Waals surface area contributed by atoms with Crippen molar-refractivity contribution >= 4 is 11.8 Å². The van der Waals surface area contributed by atoms with Crippen molar-refractivity contribution in [2.24, 2.45) is 0 Å². The summed E-state index contributed by atoms with van der Waals surface area (Å²) >= 11 is 1.61. The molecule has 0 aliphatic carbocycles. The smallest absolute Gasteiger partial charge is 0.163 e. The zero-order valence-corrected chi connectivity index (χ0v) is 9.16. The predicted octanol–water partition coefficient (Wildman–Crippen LogP) is -0.0249. The maximum atomic E-state index is 9.57. The van der Waals surface area contributed by atoms with Gasteiger partial charge in [0.15, 0.2) is 5.79 Å². The van der Waals surface area contributed by atoms with Crippen molar-refractivity contribution in [3.05, 3.63) is 0 Å². The molecule has 0 aromatic carbocycles. The zero-order chi connectivity index (χ0) is 10.3. The van der Waals surface area contributed by atoms with Crippen LogP contribution in [0.25, 0.3) is 0 Å². The van der Waals surface area contributed by atoms with Gasteiger partial charge in [0.25, 0.3) is 0 Å². The van der Waals surface area contributed by atoms with E-state index in [4.69, 9.17) is 14.6 Å². The Kier molecular flexibility index (Phi) is 2.79. The third-order valence-corrected chi connectivity index (χ3v) is 4.05. The van der Waals surface area contributed by atoms with Gasteiger partial charge in [-0.15, -0.1) is 0 Å². The van der Waals surface area contributed by atoms with Gasteiger partial charge < -0.3 is 19.7 Å². The first-order valence-electron chi connectivity index (χ1n) is 4.79. The number of rotatable bonds is 2. The lowest BCUT2D eigenvalue weighted by atomic mass is 10.1. The van der Waals surface area contributed by atoms with Crippen molar-refractivity contribution in [2.45, 2.75) is 43.2 Å². The Labute approximate surface area is 87.6 Å². The Morgan fingerprint density at radius 1 is 1.50 bits per heavy atom. The van der Waals surface area contributed by atoms with Gasteiger partial charge >= 0.3 is 0 Å². The summed E-state index contributed by atoms with van der Waals surface area (Å²) in [5.41, 5.74) is 0. The lowest BCUT2D eigenvalue weighted by Crippen LogP contribution is -2.38. The molecule has 2 aliphatic rings. The monoisotopic (exact) mass is 220 g/mol. The molecule has 2 saturated heterocycles. The average Bonchev–Trinajstić information content (AvgIpc) is 2.58. The van der Waals surface area contributed by atoms with Gasteiger partial charge in [0, 0.05) is 5.75 Å². The number of ether oxygens (including phenoxy) is 2. The molecule has 2 N–H and O–H groups in total. The van der Waals surface area contributed by atoms with Crippen LogP contribution in [-0.4, -0.2) is 51.9 Å². The fraction of sp³-hybridized carbons (Fsp3) is 1.00. The van der Waals surface area contributed by atoms with E-state index in [-0.39, 0.29) is 24.1 Å². The Morgan fingerprint density at radius 3 is 2.86 bits per heavy atom. The summed E-state index contributed by atoms with van der Waals surface area (Å²) in [4.78, 5) is 0. The quantitative estimate of drug-likeness (QED) is 0.684. The van der Waals surface area contributed by atoms with E-state index < -0.39 is 11.9 Å². The molecule has 0 bridgehead atoms. The summed E-state index contributed by atoms with van der Waals surface area (Å²) < 4.78 is 11.4. The second-order valence-corrected chi connectivity index (χ2v) is 5.40. The number of hydrogen-bond acceptors (Lipinski definition) is 5. The van der Waals surface area contributed by atoms with E-state index in [1.165, 1.54) is 0 Å². The lowest BCUT2D eigenvalue weighted by Gasteiger charge is -2.23. The van der Waals surface area contributed by atoms with E-state index in [0.717, 1.165) is 5.75 Å². The molecular formula is C9H16O4S. The van der Waals surface area contributed by atoms with E-state index in [2.05, 4.69) is 0 Å². The molecule has 4 atom stereocenters. The van der Waals surface area contributed by atoms with E-state index >= 15 is 0 Å². The van der Waals surface area contributed by atoms with Crippen LogP contribution in [-0.2, 0) is 9.47 Å². The summed E-state index contributed by atoms with van der Waals surface area (Å²) in [5.74, 6) is 0.277. The first-order valence-corrected chi connectivity index (χ1v) is 5.84. The number of aliphatic hydroxyl groups is 2. The van der Waals surface area contributed by atoms with E-state index in [0.29, 0.717) is 0 Å². The van der Waals surface area contributed by atoms with Crippen LogP contribution in [0.1, 0.15) is 13.8 Å². The molecule has 0 amide bonds. The summed E-state index contributed by atoms with van der Waals surface area (Å²) in [7, 11) is 0. The van der Waals surface area contributed by atoms with Crippen molar-refractivity contribution in [1.82, 2.24) is 0 Å². The Bertz CT molecular complexity index is 221. The van der Waals surface area contributed by atoms with E-state index in [1.54, 1.807) is 11.8 Å². The van der Waals surface area contributed by atoms with Gasteiger partial charge in [-0.2, -0.15) is 11.8 Å². The number of aliphatic hydroxyl groups excluding tert-OH is 2. The second-order valence-electron chi connectivity index (χ2n) is 4.19. The molecule has 0 radical (unpaired) electrons. The molecule has 2 rings (SSSR count). The van der Waals surface area contributed by atoms with Crippen molar-refractivity contribution in [3.63, 3.8) is 0 Å². The number of fused-ring (bicyclic) bond motifs is 1. The molecule has 82 valence electrons. The SMILES string of the molecule is CC1(C)OC2CS[C@@H](C(O)CO)[C@H]2O1. The molecule has 0 spiro atoms. The van der Waals surface area contributed by atoms with Crippen LogP contribution in [0.3, 0.4) is 0 Å². The molecule has 2 aliphatic heterocycles. The van der Waals surface area contributed by atoms with Gasteiger partial charge in [-0.05, 0) is 13.8 Å². The summed E-state index contributed by atoms with van der Waals surface area (Å²) in [6.45, 7) is 3.53. The molecule has 2 fully saturated rings. The molecule has 4 nitrogen and oxygen atoms in total. The topological polar surface area (TPSA) is 58.9 Å². The summed E-state index contributed by atoms with van der Waals surface area (Å²) in [5, 5.41) is 18.4. The standard InChI is InChI=1S/C9H16O4S/c1-9(2)12-6-4-14-8(5(11)3-10)7(6)13-9/h5-8,10-11H,3-4H2,1-2H3/t5?,6?,7-,8-/m0/s1. The maximum Gasteiger partial charge on any atom is 0.163 e. The molecule has 0 saturated carbocycles. The van der Waals surface area contributed by atoms with Crippen molar-refractivity contribution in [3.8, 4) is 0 Å². The average molecular weight is 220 g/mol. The minimum absolute atomic E-state index is 0.0567. The molecule has 0 aromatic heterocycles. The molecular weight excluding hydrogens is 204 g/mol. The highest BCUT2D eigenvalue weighted by Gasteiger charge is 2.51. The van der Waals surface area contributed by atoms with Gasteiger partial charge in [0.2, 0.25) is 0 Å². The van der Waals surface area contributed by atoms with Crippen LogP contribution >= 0.6 is 11.8 Å². The van der Waals surface area contributed by atoms with Crippen LogP contribution in [0.2, 0.25) is 0 Å². The summed E-state index contributed by atoms with van der Waals surface area (Å²) in [6.07, 6.45) is -0.745. The first-order chi connectivity index (χ1) is 6.53. The molecule has 5 heteroatoms. The Balaban J connectivity index is 2.04. The predicted molar refractivity (Wildman–Crippen MR) is 53.2 cm³/mol. The molecule has 2 heterocycles. The van der Waals surface area contributed by atoms with Gasteiger partial charge in [-0.3, -0.25) is 0 Å². The van der Waals surface area contributed by atoms with Crippen molar-refractivity contribution in [1.29, 1.82) is 0 Å². The Hall–Kier alpha value is 0.190. The second kappa shape index (κ2) is 3.64. The molecule has 14 heavy (non-hydrogen) atoms. The third kappa shape index (κ3) is 1.79. The molecule has 2 unspecified atom stereocenters. The maximum absolute atomic E-state index is 9.57. The normalized spacial score (nSPS) is 42.4. The van der Waals surface area contributed by atoms with Crippen LogP contribution in [0.5, 0.6) is 0 Å². The van der Waals surface area contributed by atoms with Gasteiger partial charge in [-0.1, -0.05) is 0 Å². The van der Waals surface area contributed by atoms with Crippen LogP contribution in [0.15, 0.2) is 0 Å². The van der Waals surface area contributed by atoms with Crippen LogP contribution in [0, 0.1) is 0 Å².